The minimum Gasteiger partial charge on any atom is -0.497 e. The van der Waals surface area contributed by atoms with Gasteiger partial charge < -0.3 is 24.6 Å². The molecule has 29 heavy (non-hydrogen) atoms. The zero-order valence-corrected chi connectivity index (χ0v) is 17.4. The van der Waals surface area contributed by atoms with Crippen LogP contribution in [-0.4, -0.2) is 57.8 Å². The van der Waals surface area contributed by atoms with Crippen LogP contribution in [0, 0.1) is 0 Å². The maximum Gasteiger partial charge on any atom is 0.220 e. The van der Waals surface area contributed by atoms with Gasteiger partial charge in [0.15, 0.2) is 0 Å². The molecule has 0 aliphatic carbocycles. The maximum absolute atomic E-state index is 12.1. The van der Waals surface area contributed by atoms with Crippen molar-refractivity contribution in [2.24, 2.45) is 0 Å². The molecule has 6 nitrogen and oxygen atoms in total. The number of anilines is 1. The Labute approximate surface area is 173 Å². The maximum atomic E-state index is 12.1. The first-order valence-electron chi connectivity index (χ1n) is 10.2. The first-order chi connectivity index (χ1) is 14.1. The van der Waals surface area contributed by atoms with Gasteiger partial charge in [-0.25, -0.2) is 0 Å². The minimum atomic E-state index is 0.0477. The molecule has 1 saturated heterocycles. The molecule has 0 radical (unpaired) electrons. The van der Waals surface area contributed by atoms with Crippen LogP contribution in [0.15, 0.2) is 48.5 Å². The van der Waals surface area contributed by atoms with Crippen molar-refractivity contribution < 1.29 is 14.3 Å². The molecule has 1 heterocycles. The van der Waals surface area contributed by atoms with E-state index in [0.29, 0.717) is 26.0 Å². The van der Waals surface area contributed by atoms with Gasteiger partial charge in [-0.1, -0.05) is 12.1 Å². The normalized spacial score (nSPS) is 14.5. The van der Waals surface area contributed by atoms with Gasteiger partial charge in [-0.15, -0.1) is 0 Å². The number of hydrogen-bond donors (Lipinski definition) is 1. The summed E-state index contributed by atoms with van der Waals surface area (Å²) < 4.78 is 10.8. The lowest BCUT2D eigenvalue weighted by atomic mass is 10.1. The number of ether oxygens (including phenoxy) is 2. The van der Waals surface area contributed by atoms with Crippen LogP contribution in [0.2, 0.25) is 0 Å². The van der Waals surface area contributed by atoms with Crippen LogP contribution in [-0.2, 0) is 11.3 Å². The van der Waals surface area contributed by atoms with Gasteiger partial charge in [-0.05, 0) is 55.4 Å². The summed E-state index contributed by atoms with van der Waals surface area (Å²) in [6.07, 6.45) is 1.13. The number of benzene rings is 2. The molecule has 0 unspecified atom stereocenters. The second-order valence-electron chi connectivity index (χ2n) is 7.36. The van der Waals surface area contributed by atoms with Gasteiger partial charge in [0.2, 0.25) is 5.91 Å². The number of carbonyl (C=O) groups is 1. The Morgan fingerprint density at radius 2 is 1.62 bits per heavy atom. The summed E-state index contributed by atoms with van der Waals surface area (Å²) in [5, 5.41) is 2.99. The van der Waals surface area contributed by atoms with Gasteiger partial charge in [0.25, 0.3) is 0 Å². The molecule has 1 aliphatic rings. The van der Waals surface area contributed by atoms with Crippen LogP contribution in [0.4, 0.5) is 5.69 Å². The second-order valence-corrected chi connectivity index (χ2v) is 7.36. The molecule has 1 N–H and O–H groups in total. The topological polar surface area (TPSA) is 54.0 Å². The number of piperazine rings is 1. The third-order valence-corrected chi connectivity index (χ3v) is 5.17. The van der Waals surface area contributed by atoms with Crippen LogP contribution < -0.4 is 19.7 Å². The zero-order chi connectivity index (χ0) is 20.5. The van der Waals surface area contributed by atoms with Crippen LogP contribution >= 0.6 is 0 Å². The minimum absolute atomic E-state index is 0.0477. The molecular weight excluding hydrogens is 366 g/mol. The smallest absolute Gasteiger partial charge is 0.220 e. The molecule has 1 aliphatic heterocycles. The zero-order valence-electron chi connectivity index (χ0n) is 17.4. The number of nitrogens with zero attached hydrogens (tertiary/aromatic N) is 2. The Morgan fingerprint density at radius 3 is 2.28 bits per heavy atom. The molecule has 156 valence electrons. The van der Waals surface area contributed by atoms with Crippen molar-refractivity contribution in [1.29, 1.82) is 0 Å². The highest BCUT2D eigenvalue weighted by Crippen LogP contribution is 2.18. The number of likely N-dealkylation sites (N-methyl/N-ethyl adjacent to an activating group) is 1. The summed E-state index contributed by atoms with van der Waals surface area (Å²) in [4.78, 5) is 16.8. The third kappa shape index (κ3) is 6.68. The van der Waals surface area contributed by atoms with E-state index < -0.39 is 0 Å². The SMILES string of the molecule is COc1ccc(OCCCC(=O)NCc2ccc(N3CCN(C)CC3)cc2)cc1. The van der Waals surface area contributed by atoms with Crippen molar-refractivity contribution in [3.8, 4) is 11.5 Å². The summed E-state index contributed by atoms with van der Waals surface area (Å²) in [6.45, 7) is 5.39. The fourth-order valence-electron chi connectivity index (χ4n) is 3.27. The second kappa shape index (κ2) is 10.7. The lowest BCUT2D eigenvalue weighted by Crippen LogP contribution is -2.44. The van der Waals surface area contributed by atoms with E-state index in [9.17, 15) is 4.79 Å². The predicted octanol–water partition coefficient (Wildman–Crippen LogP) is 2.92. The molecule has 0 atom stereocenters. The van der Waals surface area contributed by atoms with Crippen molar-refractivity contribution in [3.05, 3.63) is 54.1 Å². The van der Waals surface area contributed by atoms with Gasteiger partial charge >= 0.3 is 0 Å². The molecule has 6 heteroatoms. The molecule has 2 aromatic carbocycles. The van der Waals surface area contributed by atoms with Crippen molar-refractivity contribution in [2.45, 2.75) is 19.4 Å². The first-order valence-corrected chi connectivity index (χ1v) is 10.2. The Morgan fingerprint density at radius 1 is 0.966 bits per heavy atom. The Balaban J connectivity index is 1.32. The number of carbonyl (C=O) groups excluding carboxylic acids is 1. The van der Waals surface area contributed by atoms with Gasteiger partial charge in [-0.2, -0.15) is 0 Å². The first kappa shape index (κ1) is 21.0. The van der Waals surface area contributed by atoms with Crippen LogP contribution in [0.3, 0.4) is 0 Å². The van der Waals surface area contributed by atoms with Crippen molar-refractivity contribution >= 4 is 11.6 Å². The van der Waals surface area contributed by atoms with Crippen LogP contribution in [0.1, 0.15) is 18.4 Å². The van der Waals surface area contributed by atoms with E-state index in [1.54, 1.807) is 7.11 Å². The van der Waals surface area contributed by atoms with E-state index in [1.165, 1.54) is 5.69 Å². The van der Waals surface area contributed by atoms with Gasteiger partial charge in [0.05, 0.1) is 13.7 Å². The Bertz CT molecular complexity index is 754. The van der Waals surface area contributed by atoms with Crippen molar-refractivity contribution in [1.82, 2.24) is 10.2 Å². The summed E-state index contributed by atoms with van der Waals surface area (Å²) in [5.41, 5.74) is 2.37. The van der Waals surface area contributed by atoms with E-state index in [2.05, 4.69) is 46.4 Å². The van der Waals surface area contributed by atoms with E-state index >= 15 is 0 Å². The summed E-state index contributed by atoms with van der Waals surface area (Å²) in [7, 11) is 3.80. The van der Waals surface area contributed by atoms with E-state index in [0.717, 1.165) is 43.2 Å². The van der Waals surface area contributed by atoms with E-state index in [4.69, 9.17) is 9.47 Å². The highest BCUT2D eigenvalue weighted by atomic mass is 16.5. The number of hydrogen-bond acceptors (Lipinski definition) is 5. The molecule has 1 amide bonds. The largest absolute Gasteiger partial charge is 0.497 e. The monoisotopic (exact) mass is 397 g/mol. The molecule has 3 rings (SSSR count). The average Bonchev–Trinajstić information content (AvgIpc) is 2.76. The summed E-state index contributed by atoms with van der Waals surface area (Å²) >= 11 is 0. The fraction of sp³-hybridized carbons (Fsp3) is 0.435. The van der Waals surface area contributed by atoms with Crippen molar-refractivity contribution in [3.63, 3.8) is 0 Å². The molecule has 2 aromatic rings. The van der Waals surface area contributed by atoms with Gasteiger partial charge in [-0.3, -0.25) is 4.79 Å². The summed E-state index contributed by atoms with van der Waals surface area (Å²) in [5.74, 6) is 1.63. The van der Waals surface area contributed by atoms with Crippen molar-refractivity contribution in [2.75, 3.05) is 51.8 Å². The highest BCUT2D eigenvalue weighted by molar-refractivity contribution is 5.75. The molecular formula is C23H31N3O3. The average molecular weight is 398 g/mol. The predicted molar refractivity (Wildman–Crippen MR) is 116 cm³/mol. The number of nitrogens with one attached hydrogen (secondary N) is 1. The van der Waals surface area contributed by atoms with Gasteiger partial charge in [0, 0.05) is 44.8 Å². The Hall–Kier alpha value is -2.73. The van der Waals surface area contributed by atoms with E-state index in [-0.39, 0.29) is 5.91 Å². The standard InChI is InChI=1S/C23H31N3O3/c1-25-13-15-26(16-14-25)20-7-5-19(6-8-20)18-24-23(27)4-3-17-29-22-11-9-21(28-2)10-12-22/h5-12H,3-4,13-18H2,1-2H3,(H,24,27). The van der Waals surface area contributed by atoms with E-state index in [1.807, 2.05) is 24.3 Å². The molecule has 0 spiro atoms. The lowest BCUT2D eigenvalue weighted by molar-refractivity contribution is -0.121. The molecule has 0 bridgehead atoms. The van der Waals surface area contributed by atoms with Crippen LogP contribution in [0.25, 0.3) is 0 Å². The fourth-order valence-corrected chi connectivity index (χ4v) is 3.27. The van der Waals surface area contributed by atoms with Gasteiger partial charge in [0.1, 0.15) is 11.5 Å². The molecule has 0 aromatic heterocycles. The molecule has 1 fully saturated rings. The highest BCUT2D eigenvalue weighted by Gasteiger charge is 2.14. The third-order valence-electron chi connectivity index (χ3n) is 5.17. The lowest BCUT2D eigenvalue weighted by Gasteiger charge is -2.34. The Kier molecular flexibility index (Phi) is 7.76. The summed E-state index contributed by atoms with van der Waals surface area (Å²) in [6, 6.07) is 15.9. The number of rotatable bonds is 9. The van der Waals surface area contributed by atoms with Crippen LogP contribution in [0.5, 0.6) is 11.5 Å². The molecule has 0 saturated carbocycles. The quantitative estimate of drug-likeness (QED) is 0.660. The number of amides is 1. The number of methoxy groups -OCH3 is 1.